The summed E-state index contributed by atoms with van der Waals surface area (Å²) in [7, 11) is 0. The highest BCUT2D eigenvalue weighted by molar-refractivity contribution is 5.10. The van der Waals surface area contributed by atoms with Gasteiger partial charge in [0.2, 0.25) is 0 Å². The zero-order valence-electron chi connectivity index (χ0n) is 12.8. The van der Waals surface area contributed by atoms with Crippen molar-refractivity contribution in [2.45, 2.75) is 51.6 Å². The van der Waals surface area contributed by atoms with Gasteiger partial charge in [0.05, 0.1) is 11.7 Å². The zero-order valence-corrected chi connectivity index (χ0v) is 12.8. The molecule has 1 aromatic heterocycles. The van der Waals surface area contributed by atoms with Crippen LogP contribution in [0.15, 0.2) is 12.3 Å². The Morgan fingerprint density at radius 2 is 2.00 bits per heavy atom. The second-order valence-electron chi connectivity index (χ2n) is 6.09. The van der Waals surface area contributed by atoms with Crippen molar-refractivity contribution in [3.8, 4) is 0 Å². The van der Waals surface area contributed by atoms with Crippen molar-refractivity contribution < 1.29 is 0 Å². The molecule has 3 rings (SSSR count). The van der Waals surface area contributed by atoms with Crippen LogP contribution in [0.4, 0.5) is 0 Å². The van der Waals surface area contributed by atoms with Crippen LogP contribution in [0.1, 0.15) is 50.2 Å². The average molecular weight is 274 g/mol. The first-order valence-corrected chi connectivity index (χ1v) is 8.05. The van der Waals surface area contributed by atoms with Crippen molar-refractivity contribution in [2.24, 2.45) is 0 Å². The normalized spacial score (nSPS) is 26.2. The quantitative estimate of drug-likeness (QED) is 0.847. The lowest BCUT2D eigenvalue weighted by Gasteiger charge is -2.39. The van der Waals surface area contributed by atoms with Crippen molar-refractivity contribution in [2.75, 3.05) is 26.2 Å². The molecule has 2 saturated heterocycles. The van der Waals surface area contributed by atoms with Gasteiger partial charge in [-0.1, -0.05) is 6.92 Å². The molecule has 0 saturated carbocycles. The Morgan fingerprint density at radius 3 is 2.70 bits per heavy atom. The second-order valence-corrected chi connectivity index (χ2v) is 6.09. The molecule has 2 fully saturated rings. The molecule has 0 radical (unpaired) electrons. The second kappa shape index (κ2) is 6.19. The minimum atomic E-state index is 0.523. The van der Waals surface area contributed by atoms with E-state index in [4.69, 9.17) is 0 Å². The van der Waals surface area contributed by atoms with Crippen LogP contribution in [-0.2, 0) is 0 Å². The van der Waals surface area contributed by atoms with E-state index in [2.05, 4.69) is 32.8 Å². The van der Waals surface area contributed by atoms with Gasteiger partial charge < -0.3 is 4.90 Å². The summed E-state index contributed by atoms with van der Waals surface area (Å²) in [6.45, 7) is 9.21. The molecular formula is C16H26N4. The van der Waals surface area contributed by atoms with Gasteiger partial charge in [-0.3, -0.25) is 4.90 Å². The standard InChI is InChI=1S/C16H26N4/c1-3-19-11-7-14(8-12-19)20-10-4-5-16(20)15-6-9-17-13(2)18-15/h6,9,14,16H,3-5,7-8,10-12H2,1-2H3/t16-/m0/s1. The summed E-state index contributed by atoms with van der Waals surface area (Å²) >= 11 is 0. The Bertz CT molecular complexity index is 440. The molecule has 2 aliphatic rings. The molecule has 20 heavy (non-hydrogen) atoms. The minimum Gasteiger partial charge on any atom is -0.303 e. The topological polar surface area (TPSA) is 32.3 Å². The molecule has 0 unspecified atom stereocenters. The fraction of sp³-hybridized carbons (Fsp3) is 0.750. The highest BCUT2D eigenvalue weighted by Gasteiger charge is 2.34. The number of hydrogen-bond acceptors (Lipinski definition) is 4. The van der Waals surface area contributed by atoms with E-state index in [0.29, 0.717) is 6.04 Å². The van der Waals surface area contributed by atoms with Crippen molar-refractivity contribution in [3.05, 3.63) is 23.8 Å². The Kier molecular flexibility index (Phi) is 4.32. The molecule has 1 aromatic rings. The number of aryl methyl sites for hydroxylation is 1. The molecule has 2 aliphatic heterocycles. The third kappa shape index (κ3) is 2.86. The lowest BCUT2D eigenvalue weighted by atomic mass is 10.0. The van der Waals surface area contributed by atoms with E-state index in [9.17, 15) is 0 Å². The zero-order chi connectivity index (χ0) is 13.9. The minimum absolute atomic E-state index is 0.523. The summed E-state index contributed by atoms with van der Waals surface area (Å²) in [6, 6.07) is 3.38. The van der Waals surface area contributed by atoms with Crippen LogP contribution in [-0.4, -0.2) is 52.0 Å². The molecule has 4 nitrogen and oxygen atoms in total. The van der Waals surface area contributed by atoms with Crippen LogP contribution < -0.4 is 0 Å². The number of rotatable bonds is 3. The molecule has 1 atom stereocenters. The number of nitrogens with zero attached hydrogens (tertiary/aromatic N) is 4. The first-order chi connectivity index (χ1) is 9.78. The highest BCUT2D eigenvalue weighted by atomic mass is 15.2. The van der Waals surface area contributed by atoms with E-state index in [1.165, 1.54) is 57.6 Å². The molecule has 4 heteroatoms. The van der Waals surface area contributed by atoms with Crippen LogP contribution in [0.3, 0.4) is 0 Å². The number of piperidine rings is 1. The van der Waals surface area contributed by atoms with Gasteiger partial charge in [-0.15, -0.1) is 0 Å². The van der Waals surface area contributed by atoms with E-state index in [0.717, 1.165) is 11.9 Å². The maximum absolute atomic E-state index is 4.67. The first kappa shape index (κ1) is 14.0. The highest BCUT2D eigenvalue weighted by Crippen LogP contribution is 2.35. The fourth-order valence-electron chi connectivity index (χ4n) is 3.77. The first-order valence-electron chi connectivity index (χ1n) is 8.05. The maximum atomic E-state index is 4.67. The van der Waals surface area contributed by atoms with E-state index < -0.39 is 0 Å². The largest absolute Gasteiger partial charge is 0.303 e. The van der Waals surface area contributed by atoms with Gasteiger partial charge in [0.1, 0.15) is 5.82 Å². The predicted octanol–water partition coefficient (Wildman–Crippen LogP) is 2.41. The summed E-state index contributed by atoms with van der Waals surface area (Å²) in [5.74, 6) is 0.898. The Balaban J connectivity index is 1.70. The molecule has 0 bridgehead atoms. The number of likely N-dealkylation sites (tertiary alicyclic amines) is 2. The summed E-state index contributed by atoms with van der Waals surface area (Å²) in [5, 5.41) is 0. The molecular weight excluding hydrogens is 248 g/mol. The van der Waals surface area contributed by atoms with Crippen LogP contribution in [0, 0.1) is 6.92 Å². The molecule has 0 aliphatic carbocycles. The van der Waals surface area contributed by atoms with Gasteiger partial charge in [-0.05, 0) is 64.9 Å². The Labute approximate surface area is 122 Å². The summed E-state index contributed by atoms with van der Waals surface area (Å²) < 4.78 is 0. The third-order valence-electron chi connectivity index (χ3n) is 4.91. The van der Waals surface area contributed by atoms with Crippen LogP contribution in [0.5, 0.6) is 0 Å². The number of aromatic nitrogens is 2. The van der Waals surface area contributed by atoms with Crippen molar-refractivity contribution >= 4 is 0 Å². The fourth-order valence-corrected chi connectivity index (χ4v) is 3.77. The van der Waals surface area contributed by atoms with E-state index >= 15 is 0 Å². The lowest BCUT2D eigenvalue weighted by Crippen LogP contribution is -2.44. The molecule has 3 heterocycles. The molecule has 0 N–H and O–H groups in total. The van der Waals surface area contributed by atoms with Crippen molar-refractivity contribution in [1.82, 2.24) is 19.8 Å². The summed E-state index contributed by atoms with van der Waals surface area (Å²) in [5.41, 5.74) is 1.23. The smallest absolute Gasteiger partial charge is 0.125 e. The summed E-state index contributed by atoms with van der Waals surface area (Å²) in [6.07, 6.45) is 7.10. The van der Waals surface area contributed by atoms with Gasteiger partial charge in [0.15, 0.2) is 0 Å². The van der Waals surface area contributed by atoms with E-state index in [-0.39, 0.29) is 0 Å². The lowest BCUT2D eigenvalue weighted by molar-refractivity contribution is 0.0997. The molecule has 0 aromatic carbocycles. The van der Waals surface area contributed by atoms with Gasteiger partial charge in [0, 0.05) is 12.2 Å². The van der Waals surface area contributed by atoms with Crippen LogP contribution in [0.2, 0.25) is 0 Å². The van der Waals surface area contributed by atoms with Gasteiger partial charge in [-0.2, -0.15) is 0 Å². The number of hydrogen-bond donors (Lipinski definition) is 0. The van der Waals surface area contributed by atoms with Crippen LogP contribution in [0.25, 0.3) is 0 Å². The monoisotopic (exact) mass is 274 g/mol. The molecule has 110 valence electrons. The molecule has 0 amide bonds. The predicted molar refractivity (Wildman–Crippen MR) is 80.6 cm³/mol. The van der Waals surface area contributed by atoms with E-state index in [1.807, 2.05) is 13.1 Å². The average Bonchev–Trinajstić information content (AvgIpc) is 2.97. The van der Waals surface area contributed by atoms with Crippen LogP contribution >= 0.6 is 0 Å². The molecule has 0 spiro atoms. The van der Waals surface area contributed by atoms with Gasteiger partial charge in [-0.25, -0.2) is 9.97 Å². The van der Waals surface area contributed by atoms with Gasteiger partial charge >= 0.3 is 0 Å². The van der Waals surface area contributed by atoms with E-state index in [1.54, 1.807) is 0 Å². The Hall–Kier alpha value is -1.00. The Morgan fingerprint density at radius 1 is 1.20 bits per heavy atom. The van der Waals surface area contributed by atoms with Crippen molar-refractivity contribution in [3.63, 3.8) is 0 Å². The van der Waals surface area contributed by atoms with Gasteiger partial charge in [0.25, 0.3) is 0 Å². The SMILES string of the molecule is CCN1CCC(N2CCC[C@H]2c2ccnc(C)n2)CC1. The summed E-state index contributed by atoms with van der Waals surface area (Å²) in [4.78, 5) is 14.2. The maximum Gasteiger partial charge on any atom is 0.125 e. The third-order valence-corrected chi connectivity index (χ3v) is 4.91. The van der Waals surface area contributed by atoms with Crippen molar-refractivity contribution in [1.29, 1.82) is 0 Å².